The summed E-state index contributed by atoms with van der Waals surface area (Å²) in [5, 5.41) is 16.8. The zero-order chi connectivity index (χ0) is 34.0. The molecular formula is C33H32N8O6S. The largest absolute Gasteiger partial charge is 0.444 e. The van der Waals surface area contributed by atoms with Crippen molar-refractivity contribution in [2.45, 2.75) is 58.2 Å². The third-order valence-corrected chi connectivity index (χ3v) is 8.36. The number of para-hydroxylation sites is 1. The van der Waals surface area contributed by atoms with Gasteiger partial charge in [0.05, 0.1) is 12.7 Å². The lowest BCUT2D eigenvalue weighted by molar-refractivity contribution is -0.124. The minimum absolute atomic E-state index is 0.0331. The number of rotatable bonds is 8. The van der Waals surface area contributed by atoms with Gasteiger partial charge >= 0.3 is 6.09 Å². The third-order valence-electron chi connectivity index (χ3n) is 7.26. The minimum atomic E-state index is -0.818. The van der Waals surface area contributed by atoms with Crippen LogP contribution in [0.3, 0.4) is 0 Å². The fourth-order valence-corrected chi connectivity index (χ4v) is 6.15. The first-order valence-electron chi connectivity index (χ1n) is 15.1. The number of nitrogens with zero attached hydrogens (tertiary/aromatic N) is 5. The van der Waals surface area contributed by atoms with Gasteiger partial charge in [-0.3, -0.25) is 24.3 Å². The second-order valence-electron chi connectivity index (χ2n) is 12.1. The summed E-state index contributed by atoms with van der Waals surface area (Å²) < 4.78 is 13.1. The Morgan fingerprint density at radius 1 is 1.00 bits per heavy atom. The Balaban J connectivity index is 1.11. The number of pyridine rings is 1. The third kappa shape index (κ3) is 7.31. The molecule has 0 aliphatic carbocycles. The van der Waals surface area contributed by atoms with Crippen LogP contribution in [0.2, 0.25) is 0 Å². The van der Waals surface area contributed by atoms with Crippen LogP contribution in [0.15, 0.2) is 71.8 Å². The highest BCUT2D eigenvalue weighted by Gasteiger charge is 2.36. The van der Waals surface area contributed by atoms with E-state index in [4.69, 9.17) is 9.47 Å². The molecule has 0 bridgehead atoms. The van der Waals surface area contributed by atoms with Crippen molar-refractivity contribution in [2.24, 2.45) is 0 Å². The SMILES string of the molecule is C[C@@H]1C[C@@H](C(=O)NCc2cc3cnc(NC(=O)OC(C)(C)C)cc3s2)n2c1ncc(NC(=O)c1ccc(Oc3ccccc3)nn1)c2=O. The number of hydrogen-bond acceptors (Lipinski definition) is 11. The lowest BCUT2D eigenvalue weighted by Crippen LogP contribution is -2.36. The number of carbonyl (C=O) groups is 3. The van der Waals surface area contributed by atoms with Crippen molar-refractivity contribution in [1.82, 2.24) is 30.0 Å². The van der Waals surface area contributed by atoms with Crippen LogP contribution in [-0.2, 0) is 16.1 Å². The smallest absolute Gasteiger partial charge is 0.413 e. The molecule has 14 nitrogen and oxygen atoms in total. The first kappa shape index (κ1) is 32.2. The molecule has 1 aromatic carbocycles. The van der Waals surface area contributed by atoms with E-state index in [9.17, 15) is 19.2 Å². The van der Waals surface area contributed by atoms with Crippen molar-refractivity contribution in [1.29, 1.82) is 0 Å². The van der Waals surface area contributed by atoms with Gasteiger partial charge in [0.2, 0.25) is 11.8 Å². The molecule has 0 radical (unpaired) electrons. The van der Waals surface area contributed by atoms with Gasteiger partial charge < -0.3 is 20.1 Å². The van der Waals surface area contributed by atoms with Crippen LogP contribution >= 0.6 is 11.3 Å². The molecule has 3 N–H and O–H groups in total. The van der Waals surface area contributed by atoms with E-state index in [0.29, 0.717) is 23.8 Å². The van der Waals surface area contributed by atoms with Crippen molar-refractivity contribution in [3.05, 3.63) is 93.7 Å². The Morgan fingerprint density at radius 3 is 2.52 bits per heavy atom. The molecule has 5 heterocycles. The summed E-state index contributed by atoms with van der Waals surface area (Å²) in [7, 11) is 0. The topological polar surface area (TPSA) is 179 Å². The maximum absolute atomic E-state index is 13.6. The summed E-state index contributed by atoms with van der Waals surface area (Å²) in [6.45, 7) is 7.43. The van der Waals surface area contributed by atoms with Gasteiger partial charge in [0.1, 0.15) is 34.7 Å². The van der Waals surface area contributed by atoms with Gasteiger partial charge in [0, 0.05) is 33.1 Å². The zero-order valence-electron chi connectivity index (χ0n) is 26.5. The van der Waals surface area contributed by atoms with Crippen LogP contribution in [0, 0.1) is 0 Å². The van der Waals surface area contributed by atoms with Crippen LogP contribution in [-0.4, -0.2) is 48.2 Å². The number of carbonyl (C=O) groups excluding carboxylic acids is 3. The fraction of sp³-hybridized carbons (Fsp3) is 0.273. The van der Waals surface area contributed by atoms with Gasteiger partial charge in [0.25, 0.3) is 11.5 Å². The van der Waals surface area contributed by atoms with E-state index < -0.39 is 29.2 Å². The van der Waals surface area contributed by atoms with Gasteiger partial charge in [-0.05, 0) is 57.5 Å². The van der Waals surface area contributed by atoms with Crippen molar-refractivity contribution in [3.8, 4) is 11.6 Å². The van der Waals surface area contributed by atoms with E-state index in [1.807, 2.05) is 31.2 Å². The van der Waals surface area contributed by atoms with Gasteiger partial charge in [-0.2, -0.15) is 0 Å². The maximum Gasteiger partial charge on any atom is 0.413 e. The van der Waals surface area contributed by atoms with E-state index in [1.54, 1.807) is 45.2 Å². The lowest BCUT2D eigenvalue weighted by atomic mass is 10.1. The molecule has 1 aliphatic rings. The average molecular weight is 669 g/mol. The summed E-state index contributed by atoms with van der Waals surface area (Å²) in [6.07, 6.45) is 2.70. The number of ether oxygens (including phenoxy) is 2. The molecule has 2 atom stereocenters. The quantitative estimate of drug-likeness (QED) is 0.194. The minimum Gasteiger partial charge on any atom is -0.444 e. The summed E-state index contributed by atoms with van der Waals surface area (Å²) in [5.74, 6) is 0.401. The molecular weight excluding hydrogens is 636 g/mol. The number of nitrogens with one attached hydrogen (secondary N) is 3. The number of anilines is 2. The molecule has 6 rings (SSSR count). The summed E-state index contributed by atoms with van der Waals surface area (Å²) in [4.78, 5) is 61.6. The molecule has 0 unspecified atom stereocenters. The van der Waals surface area contributed by atoms with E-state index in [0.717, 1.165) is 15.0 Å². The Labute approximate surface area is 278 Å². The number of fused-ring (bicyclic) bond motifs is 2. The van der Waals surface area contributed by atoms with Gasteiger partial charge in [0.15, 0.2) is 5.69 Å². The predicted molar refractivity (Wildman–Crippen MR) is 178 cm³/mol. The van der Waals surface area contributed by atoms with Gasteiger partial charge in [-0.15, -0.1) is 21.5 Å². The second kappa shape index (κ2) is 13.2. The number of aromatic nitrogens is 5. The molecule has 5 aromatic rings. The van der Waals surface area contributed by atoms with Crippen LogP contribution < -0.4 is 26.2 Å². The average Bonchev–Trinajstić information content (AvgIpc) is 3.61. The van der Waals surface area contributed by atoms with Crippen molar-refractivity contribution >= 4 is 50.8 Å². The van der Waals surface area contributed by atoms with E-state index in [1.165, 1.54) is 34.2 Å². The fourth-order valence-electron chi connectivity index (χ4n) is 5.14. The van der Waals surface area contributed by atoms with Crippen LogP contribution in [0.5, 0.6) is 11.6 Å². The first-order valence-corrected chi connectivity index (χ1v) is 15.9. The van der Waals surface area contributed by atoms with Crippen molar-refractivity contribution < 1.29 is 23.9 Å². The number of amides is 3. The number of hydrogen-bond donors (Lipinski definition) is 3. The first-order chi connectivity index (χ1) is 22.9. The molecule has 4 aromatic heterocycles. The summed E-state index contributed by atoms with van der Waals surface area (Å²) in [5.41, 5.74) is -1.31. The van der Waals surface area contributed by atoms with Crippen LogP contribution in [0.1, 0.15) is 67.3 Å². The Morgan fingerprint density at radius 2 is 1.79 bits per heavy atom. The summed E-state index contributed by atoms with van der Waals surface area (Å²) in [6, 6.07) is 14.8. The van der Waals surface area contributed by atoms with E-state index in [-0.39, 0.29) is 35.6 Å². The number of benzene rings is 1. The highest BCUT2D eigenvalue weighted by Crippen LogP contribution is 2.34. The van der Waals surface area contributed by atoms with E-state index >= 15 is 0 Å². The maximum atomic E-state index is 13.6. The monoisotopic (exact) mass is 668 g/mol. The Bertz CT molecular complexity index is 2060. The molecule has 246 valence electrons. The van der Waals surface area contributed by atoms with Crippen molar-refractivity contribution in [3.63, 3.8) is 0 Å². The van der Waals surface area contributed by atoms with Gasteiger partial charge in [-0.1, -0.05) is 25.1 Å². The Kier molecular flexibility index (Phi) is 8.86. The zero-order valence-corrected chi connectivity index (χ0v) is 27.3. The molecule has 3 amide bonds. The summed E-state index contributed by atoms with van der Waals surface area (Å²) >= 11 is 1.44. The Hall–Kier alpha value is -5.70. The molecule has 0 saturated heterocycles. The molecule has 0 fully saturated rings. The van der Waals surface area contributed by atoms with Crippen LogP contribution in [0.4, 0.5) is 16.3 Å². The molecule has 0 saturated carbocycles. The predicted octanol–water partition coefficient (Wildman–Crippen LogP) is 5.40. The van der Waals surface area contributed by atoms with Crippen molar-refractivity contribution in [2.75, 3.05) is 10.6 Å². The highest BCUT2D eigenvalue weighted by atomic mass is 32.1. The van der Waals surface area contributed by atoms with E-state index in [2.05, 4.69) is 36.1 Å². The normalized spacial score (nSPS) is 15.4. The second-order valence-corrected chi connectivity index (χ2v) is 13.3. The standard InChI is InChI=1S/C33H32N8O6S/c1-18-12-24(30(43)36-16-21-13-19-15-34-26(14-25(19)48-21)38-32(45)47-33(2,3)4)41-28(18)35-17-23(31(41)44)37-29(42)22-10-11-27(40-39-22)46-20-8-6-5-7-9-20/h5-11,13-15,17-18,24H,12,16H2,1-4H3,(H,36,43)(H,37,42)(H,34,38,45)/t18-,24+/m1/s1. The van der Waals surface area contributed by atoms with Gasteiger partial charge in [-0.25, -0.2) is 14.8 Å². The van der Waals surface area contributed by atoms with Crippen LogP contribution in [0.25, 0.3) is 10.1 Å². The molecule has 15 heteroatoms. The number of thiophene rings is 1. The highest BCUT2D eigenvalue weighted by molar-refractivity contribution is 7.19. The lowest BCUT2D eigenvalue weighted by Gasteiger charge is -2.19. The molecule has 1 aliphatic heterocycles. The molecule has 48 heavy (non-hydrogen) atoms. The molecule has 0 spiro atoms.